The van der Waals surface area contributed by atoms with E-state index < -0.39 is 12.0 Å². The van der Waals surface area contributed by atoms with Crippen molar-refractivity contribution in [3.05, 3.63) is 42.0 Å². The van der Waals surface area contributed by atoms with Crippen LogP contribution in [0.15, 0.2) is 36.4 Å². The first-order valence-electron chi connectivity index (χ1n) is 6.29. The number of allylic oxidation sites excluding steroid dienone is 1. The van der Waals surface area contributed by atoms with Crippen LogP contribution in [0, 0.1) is 0 Å². The van der Waals surface area contributed by atoms with Crippen LogP contribution in [-0.4, -0.2) is 34.5 Å². The van der Waals surface area contributed by atoms with Crippen molar-refractivity contribution in [1.82, 2.24) is 5.48 Å². The van der Waals surface area contributed by atoms with E-state index in [1.165, 1.54) is 11.6 Å². The van der Waals surface area contributed by atoms with Gasteiger partial charge in [0.1, 0.15) is 12.4 Å². The van der Waals surface area contributed by atoms with Gasteiger partial charge in [-0.25, -0.2) is 5.48 Å². The van der Waals surface area contributed by atoms with E-state index in [0.717, 1.165) is 5.56 Å². The smallest absolute Gasteiger partial charge is 0.267 e. The van der Waals surface area contributed by atoms with Crippen molar-refractivity contribution in [3.63, 3.8) is 0 Å². The number of carbonyl (C=O) groups is 1. The number of aliphatic hydroxyl groups excluding tert-OH is 2. The Kier molecular flexibility index (Phi) is 7.34. The summed E-state index contributed by atoms with van der Waals surface area (Å²) in [5, 5.41) is 26.9. The van der Waals surface area contributed by atoms with Gasteiger partial charge in [0.05, 0.1) is 12.7 Å². The highest BCUT2D eigenvalue weighted by atomic mass is 16.5. The number of rotatable bonds is 8. The first-order chi connectivity index (χ1) is 9.67. The molecule has 0 fully saturated rings. The van der Waals surface area contributed by atoms with Gasteiger partial charge in [0.15, 0.2) is 0 Å². The van der Waals surface area contributed by atoms with Crippen molar-refractivity contribution < 1.29 is 25.0 Å². The Balaban J connectivity index is 2.41. The first kappa shape index (κ1) is 16.2. The average molecular weight is 281 g/mol. The maximum atomic E-state index is 10.7. The molecule has 0 heterocycles. The van der Waals surface area contributed by atoms with E-state index in [1.807, 2.05) is 0 Å². The number of amides is 1. The fourth-order valence-corrected chi connectivity index (χ4v) is 1.60. The van der Waals surface area contributed by atoms with Crippen molar-refractivity contribution in [3.8, 4) is 5.75 Å². The van der Waals surface area contributed by atoms with E-state index in [1.54, 1.807) is 30.3 Å². The zero-order valence-electron chi connectivity index (χ0n) is 11.0. The monoisotopic (exact) mass is 281 g/mol. The van der Waals surface area contributed by atoms with Crippen LogP contribution in [0.1, 0.15) is 24.5 Å². The summed E-state index contributed by atoms with van der Waals surface area (Å²) in [4.78, 5) is 10.7. The lowest BCUT2D eigenvalue weighted by molar-refractivity contribution is -0.124. The highest BCUT2D eigenvalue weighted by Gasteiger charge is 2.06. The molecule has 0 aromatic heterocycles. The Morgan fingerprint density at radius 2 is 2.05 bits per heavy atom. The lowest BCUT2D eigenvalue weighted by Crippen LogP contribution is -2.14. The summed E-state index contributed by atoms with van der Waals surface area (Å²) < 4.78 is 5.22. The Labute approximate surface area is 117 Å². The number of hydrogen-bond donors (Lipinski definition) is 4. The molecule has 1 aromatic rings. The minimum atomic E-state index is -0.635. The van der Waals surface area contributed by atoms with E-state index in [9.17, 15) is 9.90 Å². The van der Waals surface area contributed by atoms with E-state index >= 15 is 0 Å². The number of ether oxygens (including phenoxy) is 1. The molecule has 1 amide bonds. The summed E-state index contributed by atoms with van der Waals surface area (Å²) in [6.45, 7) is 0.192. The van der Waals surface area contributed by atoms with Gasteiger partial charge in [0, 0.05) is 6.08 Å². The molecule has 0 aliphatic carbocycles. The van der Waals surface area contributed by atoms with Crippen LogP contribution in [-0.2, 0) is 4.79 Å². The molecular weight excluding hydrogens is 262 g/mol. The zero-order chi connectivity index (χ0) is 14.8. The largest absolute Gasteiger partial charge is 0.491 e. The van der Waals surface area contributed by atoms with Gasteiger partial charge < -0.3 is 14.9 Å². The lowest BCUT2D eigenvalue weighted by atomic mass is 10.0. The van der Waals surface area contributed by atoms with Crippen molar-refractivity contribution in [2.45, 2.75) is 18.9 Å². The molecule has 0 aliphatic rings. The molecule has 1 aromatic carbocycles. The van der Waals surface area contributed by atoms with Gasteiger partial charge in [-0.1, -0.05) is 18.2 Å². The van der Waals surface area contributed by atoms with Crippen LogP contribution >= 0.6 is 0 Å². The molecule has 0 unspecified atom stereocenters. The quantitative estimate of drug-likeness (QED) is 0.323. The maximum Gasteiger partial charge on any atom is 0.267 e. The van der Waals surface area contributed by atoms with Gasteiger partial charge in [-0.3, -0.25) is 10.0 Å². The molecule has 4 N–H and O–H groups in total. The summed E-state index contributed by atoms with van der Waals surface area (Å²) in [6.07, 6.45) is 3.12. The molecule has 0 saturated heterocycles. The maximum absolute atomic E-state index is 10.7. The third-order valence-corrected chi connectivity index (χ3v) is 2.61. The normalized spacial score (nSPS) is 12.3. The van der Waals surface area contributed by atoms with Crippen molar-refractivity contribution >= 4 is 5.91 Å². The predicted octanol–water partition coefficient (Wildman–Crippen LogP) is 0.933. The van der Waals surface area contributed by atoms with E-state index in [4.69, 9.17) is 15.1 Å². The molecule has 1 rings (SSSR count). The summed E-state index contributed by atoms with van der Waals surface area (Å²) in [5.74, 6) is 0.0411. The average Bonchev–Trinajstić information content (AvgIpc) is 2.49. The number of benzene rings is 1. The molecule has 0 bridgehead atoms. The second-order valence-corrected chi connectivity index (χ2v) is 4.11. The van der Waals surface area contributed by atoms with Crippen LogP contribution < -0.4 is 10.2 Å². The number of hydroxylamine groups is 1. The minimum Gasteiger partial charge on any atom is -0.491 e. The third kappa shape index (κ3) is 5.83. The van der Waals surface area contributed by atoms with Crippen LogP contribution in [0.4, 0.5) is 0 Å². The lowest BCUT2D eigenvalue weighted by Gasteiger charge is -2.11. The van der Waals surface area contributed by atoms with Gasteiger partial charge in [0.25, 0.3) is 5.91 Å². The van der Waals surface area contributed by atoms with Crippen LogP contribution in [0.5, 0.6) is 5.75 Å². The SMILES string of the molecule is O=C(/C=C/CC[C@@H](O)c1ccc(OCCO)cc1)NO. The number of hydrogen-bond acceptors (Lipinski definition) is 5. The minimum absolute atomic E-state index is 0.0435. The fraction of sp³-hybridized carbons (Fsp3) is 0.357. The standard InChI is InChI=1S/C14H19NO5/c16-9-10-20-12-7-5-11(6-8-12)13(17)3-1-2-4-14(18)15-19/h2,4-8,13,16-17,19H,1,3,9-10H2,(H,15,18)/b4-2+/t13-/m1/s1. The molecule has 6 nitrogen and oxygen atoms in total. The van der Waals surface area contributed by atoms with Gasteiger partial charge >= 0.3 is 0 Å². The zero-order valence-corrected chi connectivity index (χ0v) is 11.0. The van der Waals surface area contributed by atoms with Crippen molar-refractivity contribution in [2.24, 2.45) is 0 Å². The molecule has 6 heteroatoms. The van der Waals surface area contributed by atoms with Gasteiger partial charge in [-0.05, 0) is 30.5 Å². The van der Waals surface area contributed by atoms with Crippen molar-refractivity contribution in [2.75, 3.05) is 13.2 Å². The van der Waals surface area contributed by atoms with E-state index in [-0.39, 0.29) is 13.2 Å². The molecule has 0 aliphatic heterocycles. The van der Waals surface area contributed by atoms with E-state index in [2.05, 4.69) is 0 Å². The summed E-state index contributed by atoms with van der Waals surface area (Å²) in [7, 11) is 0. The second kappa shape index (κ2) is 9.08. The molecular formula is C14H19NO5. The summed E-state index contributed by atoms with van der Waals surface area (Å²) >= 11 is 0. The predicted molar refractivity (Wildman–Crippen MR) is 72.3 cm³/mol. The molecule has 0 spiro atoms. The highest BCUT2D eigenvalue weighted by molar-refractivity contribution is 5.86. The van der Waals surface area contributed by atoms with Crippen LogP contribution in [0.3, 0.4) is 0 Å². The highest BCUT2D eigenvalue weighted by Crippen LogP contribution is 2.21. The second-order valence-electron chi connectivity index (χ2n) is 4.11. The molecule has 20 heavy (non-hydrogen) atoms. The van der Waals surface area contributed by atoms with E-state index in [0.29, 0.717) is 18.6 Å². The van der Waals surface area contributed by atoms with Gasteiger partial charge in [-0.2, -0.15) is 0 Å². The molecule has 1 atom stereocenters. The van der Waals surface area contributed by atoms with Gasteiger partial charge in [-0.15, -0.1) is 0 Å². The van der Waals surface area contributed by atoms with Gasteiger partial charge in [0.2, 0.25) is 0 Å². The van der Waals surface area contributed by atoms with Crippen LogP contribution in [0.25, 0.3) is 0 Å². The Bertz CT molecular complexity index is 430. The Hall–Kier alpha value is -1.89. The summed E-state index contributed by atoms with van der Waals surface area (Å²) in [6, 6.07) is 6.95. The number of aliphatic hydroxyl groups is 2. The molecule has 0 radical (unpaired) electrons. The fourth-order valence-electron chi connectivity index (χ4n) is 1.60. The first-order valence-corrected chi connectivity index (χ1v) is 6.29. The molecule has 0 saturated carbocycles. The summed E-state index contributed by atoms with van der Waals surface area (Å²) in [5.41, 5.74) is 2.24. The molecule has 110 valence electrons. The van der Waals surface area contributed by atoms with Crippen molar-refractivity contribution in [1.29, 1.82) is 0 Å². The Morgan fingerprint density at radius 3 is 2.65 bits per heavy atom. The number of carbonyl (C=O) groups excluding carboxylic acids is 1. The topological polar surface area (TPSA) is 99.0 Å². The van der Waals surface area contributed by atoms with Crippen LogP contribution in [0.2, 0.25) is 0 Å². The number of nitrogens with one attached hydrogen (secondary N) is 1. The Morgan fingerprint density at radius 1 is 1.35 bits per heavy atom. The third-order valence-electron chi connectivity index (χ3n) is 2.61.